The van der Waals surface area contributed by atoms with Crippen molar-refractivity contribution in [1.29, 1.82) is 0 Å². The third kappa shape index (κ3) is 4.60. The molecule has 0 aliphatic carbocycles. The van der Waals surface area contributed by atoms with E-state index in [0.29, 0.717) is 12.2 Å². The summed E-state index contributed by atoms with van der Waals surface area (Å²) < 4.78 is 7.33. The Morgan fingerprint density at radius 2 is 2.12 bits per heavy atom. The SMILES string of the molecule is CCOc1cccc(C(=O)N2CCCN(Cc3cnn(C)c3)CC2)c1. The molecule has 0 bridgehead atoms. The molecule has 1 aromatic carbocycles. The van der Waals surface area contributed by atoms with Gasteiger partial charge in [-0.3, -0.25) is 14.4 Å². The van der Waals surface area contributed by atoms with Crippen LogP contribution in [0.1, 0.15) is 29.3 Å². The molecule has 6 heteroatoms. The van der Waals surface area contributed by atoms with Crippen LogP contribution in [0.4, 0.5) is 0 Å². The Hall–Kier alpha value is -2.34. The van der Waals surface area contributed by atoms with Gasteiger partial charge in [-0.05, 0) is 31.5 Å². The number of rotatable bonds is 5. The molecule has 0 N–H and O–H groups in total. The first-order valence-electron chi connectivity index (χ1n) is 8.87. The smallest absolute Gasteiger partial charge is 0.254 e. The van der Waals surface area contributed by atoms with E-state index in [0.717, 1.165) is 44.9 Å². The quantitative estimate of drug-likeness (QED) is 0.836. The molecule has 0 atom stereocenters. The second-order valence-electron chi connectivity index (χ2n) is 6.40. The van der Waals surface area contributed by atoms with Gasteiger partial charge in [0, 0.05) is 57.1 Å². The summed E-state index contributed by atoms with van der Waals surface area (Å²) in [6, 6.07) is 7.47. The summed E-state index contributed by atoms with van der Waals surface area (Å²) in [6.45, 7) is 6.85. The van der Waals surface area contributed by atoms with Crippen LogP contribution >= 0.6 is 0 Å². The Kier molecular flexibility index (Phi) is 5.71. The Balaban J connectivity index is 1.60. The summed E-state index contributed by atoms with van der Waals surface area (Å²) >= 11 is 0. The molecule has 25 heavy (non-hydrogen) atoms. The van der Waals surface area contributed by atoms with Crippen molar-refractivity contribution in [1.82, 2.24) is 19.6 Å². The molecular formula is C19H26N4O2. The van der Waals surface area contributed by atoms with Crippen LogP contribution in [0.5, 0.6) is 5.75 Å². The van der Waals surface area contributed by atoms with Crippen molar-refractivity contribution in [3.63, 3.8) is 0 Å². The number of hydrogen-bond donors (Lipinski definition) is 0. The average Bonchev–Trinajstić information content (AvgIpc) is 2.88. The van der Waals surface area contributed by atoms with Crippen molar-refractivity contribution >= 4 is 5.91 Å². The number of hydrogen-bond acceptors (Lipinski definition) is 4. The van der Waals surface area contributed by atoms with Crippen molar-refractivity contribution in [2.24, 2.45) is 7.05 Å². The van der Waals surface area contributed by atoms with Crippen LogP contribution in [-0.4, -0.2) is 58.3 Å². The van der Waals surface area contributed by atoms with Gasteiger partial charge in [-0.25, -0.2) is 0 Å². The molecule has 2 heterocycles. The molecule has 2 aromatic rings. The van der Waals surface area contributed by atoms with Gasteiger partial charge >= 0.3 is 0 Å². The second-order valence-corrected chi connectivity index (χ2v) is 6.40. The lowest BCUT2D eigenvalue weighted by atomic mass is 10.2. The predicted octanol–water partition coefficient (Wildman–Crippen LogP) is 2.17. The highest BCUT2D eigenvalue weighted by Crippen LogP contribution is 2.16. The van der Waals surface area contributed by atoms with Gasteiger partial charge in [0.25, 0.3) is 5.91 Å². The summed E-state index contributed by atoms with van der Waals surface area (Å²) in [6.07, 6.45) is 4.94. The third-order valence-corrected chi connectivity index (χ3v) is 4.43. The second kappa shape index (κ2) is 8.16. The fraction of sp³-hybridized carbons (Fsp3) is 0.474. The Morgan fingerprint density at radius 3 is 2.88 bits per heavy atom. The summed E-state index contributed by atoms with van der Waals surface area (Å²) in [4.78, 5) is 17.2. The van der Waals surface area contributed by atoms with Gasteiger partial charge in [-0.1, -0.05) is 6.07 Å². The molecular weight excluding hydrogens is 316 g/mol. The maximum atomic E-state index is 12.8. The fourth-order valence-electron chi connectivity index (χ4n) is 3.21. The van der Waals surface area contributed by atoms with E-state index < -0.39 is 0 Å². The van der Waals surface area contributed by atoms with Crippen molar-refractivity contribution < 1.29 is 9.53 Å². The Labute approximate surface area is 149 Å². The third-order valence-electron chi connectivity index (χ3n) is 4.43. The van der Waals surface area contributed by atoms with Gasteiger partial charge in [0.05, 0.1) is 12.8 Å². The molecule has 0 spiro atoms. The van der Waals surface area contributed by atoms with Crippen LogP contribution < -0.4 is 4.74 Å². The zero-order valence-electron chi connectivity index (χ0n) is 15.0. The molecule has 1 aromatic heterocycles. The first kappa shape index (κ1) is 17.5. The highest BCUT2D eigenvalue weighted by atomic mass is 16.5. The summed E-state index contributed by atoms with van der Waals surface area (Å²) in [7, 11) is 1.93. The summed E-state index contributed by atoms with van der Waals surface area (Å²) in [5, 5.41) is 4.23. The van der Waals surface area contributed by atoms with Crippen LogP contribution in [0.3, 0.4) is 0 Å². The van der Waals surface area contributed by atoms with E-state index in [1.54, 1.807) is 0 Å². The van der Waals surface area contributed by atoms with Crippen molar-refractivity contribution in [2.75, 3.05) is 32.8 Å². The van der Waals surface area contributed by atoms with E-state index in [1.807, 2.05) is 60.2 Å². The average molecular weight is 342 g/mol. The van der Waals surface area contributed by atoms with E-state index in [-0.39, 0.29) is 5.91 Å². The molecule has 1 amide bonds. The maximum absolute atomic E-state index is 12.8. The topological polar surface area (TPSA) is 50.6 Å². The van der Waals surface area contributed by atoms with Crippen molar-refractivity contribution in [3.8, 4) is 5.75 Å². The van der Waals surface area contributed by atoms with Crippen LogP contribution in [-0.2, 0) is 13.6 Å². The number of carbonyl (C=O) groups is 1. The van der Waals surface area contributed by atoms with Gasteiger partial charge in [0.1, 0.15) is 5.75 Å². The molecule has 0 radical (unpaired) electrons. The summed E-state index contributed by atoms with van der Waals surface area (Å²) in [5.41, 5.74) is 1.92. The molecule has 0 saturated carbocycles. The van der Waals surface area contributed by atoms with E-state index in [9.17, 15) is 4.79 Å². The highest BCUT2D eigenvalue weighted by molar-refractivity contribution is 5.94. The lowest BCUT2D eigenvalue weighted by Gasteiger charge is -2.22. The standard InChI is InChI=1S/C19H26N4O2/c1-3-25-18-7-4-6-17(12-18)19(24)23-9-5-8-22(10-11-23)15-16-13-20-21(2)14-16/h4,6-7,12-14H,3,5,8-11,15H2,1-2H3. The van der Waals surface area contributed by atoms with Crippen LogP contribution in [0, 0.1) is 0 Å². The number of carbonyl (C=O) groups excluding carboxylic acids is 1. The predicted molar refractivity (Wildman–Crippen MR) is 96.6 cm³/mol. The van der Waals surface area contributed by atoms with E-state index in [2.05, 4.69) is 10.00 Å². The molecule has 134 valence electrons. The molecule has 6 nitrogen and oxygen atoms in total. The van der Waals surface area contributed by atoms with Crippen molar-refractivity contribution in [2.45, 2.75) is 19.9 Å². The molecule has 1 aliphatic rings. The van der Waals surface area contributed by atoms with Crippen LogP contribution in [0.15, 0.2) is 36.7 Å². The number of nitrogens with zero attached hydrogens (tertiary/aromatic N) is 4. The largest absolute Gasteiger partial charge is 0.494 e. The van der Waals surface area contributed by atoms with Crippen molar-refractivity contribution in [3.05, 3.63) is 47.8 Å². The minimum Gasteiger partial charge on any atom is -0.494 e. The number of ether oxygens (including phenoxy) is 1. The zero-order chi connectivity index (χ0) is 17.6. The minimum atomic E-state index is 0.0878. The first-order valence-corrected chi connectivity index (χ1v) is 8.87. The molecule has 1 saturated heterocycles. The number of aryl methyl sites for hydroxylation is 1. The van der Waals surface area contributed by atoms with E-state index >= 15 is 0 Å². The number of aromatic nitrogens is 2. The Bertz CT molecular complexity index is 713. The van der Waals surface area contributed by atoms with Gasteiger partial charge in [-0.15, -0.1) is 0 Å². The molecule has 1 aliphatic heterocycles. The van der Waals surface area contributed by atoms with Gasteiger partial charge < -0.3 is 9.64 Å². The van der Waals surface area contributed by atoms with Gasteiger partial charge in [0.15, 0.2) is 0 Å². The van der Waals surface area contributed by atoms with Gasteiger partial charge in [-0.2, -0.15) is 5.10 Å². The van der Waals surface area contributed by atoms with Crippen LogP contribution in [0.2, 0.25) is 0 Å². The molecule has 3 rings (SSSR count). The summed E-state index contributed by atoms with van der Waals surface area (Å²) in [5.74, 6) is 0.839. The first-order chi connectivity index (χ1) is 12.2. The molecule has 1 fully saturated rings. The monoisotopic (exact) mass is 342 g/mol. The maximum Gasteiger partial charge on any atom is 0.254 e. The minimum absolute atomic E-state index is 0.0878. The normalized spacial score (nSPS) is 15.8. The molecule has 0 unspecified atom stereocenters. The Morgan fingerprint density at radius 1 is 1.24 bits per heavy atom. The fourth-order valence-corrected chi connectivity index (χ4v) is 3.21. The lowest BCUT2D eigenvalue weighted by molar-refractivity contribution is 0.0760. The van der Waals surface area contributed by atoms with Gasteiger partial charge in [0.2, 0.25) is 0 Å². The number of benzene rings is 1. The lowest BCUT2D eigenvalue weighted by Crippen LogP contribution is -2.35. The van der Waals surface area contributed by atoms with E-state index in [4.69, 9.17) is 4.74 Å². The van der Waals surface area contributed by atoms with Crippen LogP contribution in [0.25, 0.3) is 0 Å². The zero-order valence-corrected chi connectivity index (χ0v) is 15.0. The number of amides is 1. The van der Waals surface area contributed by atoms with E-state index in [1.165, 1.54) is 5.56 Å². The highest BCUT2D eigenvalue weighted by Gasteiger charge is 2.21.